The first-order valence-electron chi connectivity index (χ1n) is 10.3. The van der Waals surface area contributed by atoms with Crippen LogP contribution in [-0.2, 0) is 0 Å². The van der Waals surface area contributed by atoms with Crippen molar-refractivity contribution in [3.63, 3.8) is 0 Å². The number of hydrogen-bond acceptors (Lipinski definition) is 12. The summed E-state index contributed by atoms with van der Waals surface area (Å²) in [6.07, 6.45) is 6.43. The third-order valence-electron chi connectivity index (χ3n) is 4.78. The maximum Gasteiger partial charge on any atom is 0.271 e. The summed E-state index contributed by atoms with van der Waals surface area (Å²) in [4.78, 5) is 46.1. The molecule has 6 N–H and O–H groups in total. The zero-order valence-electron chi connectivity index (χ0n) is 18.6. The molecule has 182 valence electrons. The van der Waals surface area contributed by atoms with Crippen LogP contribution in [0.3, 0.4) is 0 Å². The van der Waals surface area contributed by atoms with Gasteiger partial charge in [0.1, 0.15) is 21.3 Å². The lowest BCUT2D eigenvalue weighted by Crippen LogP contribution is -2.25. The number of carbonyl (C=O) groups is 1. The largest absolute Gasteiger partial charge is 0.443 e. The number of aliphatic hydroxyl groups excluding tert-OH is 1. The number of aryl methyl sites for hydroxylation is 1. The van der Waals surface area contributed by atoms with E-state index in [2.05, 4.69) is 39.9 Å². The van der Waals surface area contributed by atoms with E-state index in [0.717, 1.165) is 22.9 Å². The van der Waals surface area contributed by atoms with Crippen LogP contribution in [-0.4, -0.2) is 53.8 Å². The Hall–Kier alpha value is -3.95. The lowest BCUT2D eigenvalue weighted by Gasteiger charge is -2.08. The van der Waals surface area contributed by atoms with Crippen molar-refractivity contribution in [1.82, 2.24) is 24.3 Å². The molecule has 4 heterocycles. The number of oxazole rings is 1. The van der Waals surface area contributed by atoms with Gasteiger partial charge in [-0.15, -0.1) is 0 Å². The molecular weight excluding hydrogens is 494 g/mol. The van der Waals surface area contributed by atoms with Gasteiger partial charge in [-0.05, 0) is 24.9 Å². The van der Waals surface area contributed by atoms with Gasteiger partial charge < -0.3 is 20.6 Å². The fourth-order valence-corrected chi connectivity index (χ4v) is 4.61. The van der Waals surface area contributed by atoms with Crippen molar-refractivity contribution in [1.29, 1.82) is 0 Å². The monoisotopic (exact) mass is 515 g/mol. The van der Waals surface area contributed by atoms with Gasteiger partial charge in [-0.2, -0.15) is 0 Å². The van der Waals surface area contributed by atoms with Gasteiger partial charge in [-0.3, -0.25) is 24.3 Å². The Morgan fingerprint density at radius 3 is 2.77 bits per heavy atom. The average Bonchev–Trinajstić information content (AvgIpc) is 3.59. The lowest BCUT2D eigenvalue weighted by molar-refractivity contribution is 0.102. The number of thiazole rings is 1. The summed E-state index contributed by atoms with van der Waals surface area (Å²) in [7, 11) is 0. The number of nitrogens with zero attached hydrogens (tertiary/aromatic N) is 5. The first kappa shape index (κ1) is 24.2. The van der Waals surface area contributed by atoms with Gasteiger partial charge in [0, 0.05) is 12.4 Å². The number of amides is 1. The number of nitrogens with one attached hydrogen (secondary N) is 3. The number of rotatable bonds is 9. The van der Waals surface area contributed by atoms with Gasteiger partial charge >= 0.3 is 0 Å². The van der Waals surface area contributed by atoms with E-state index >= 15 is 0 Å². The fourth-order valence-electron chi connectivity index (χ4n) is 2.94. The standard InChI is InChI=1S/C20H21N9O4S2/c1-3-11(7-30)26-15(21)13-16(31)29-35-18(13)28-20-25-9(2)14(34-20)17(32)27-19-23-4-10(5-24-19)12-6-22-8-33-12/h4-6,8,11,30H,3,7H2,1-2H3,(H2,21,26)(H,25,28)(H,29,31)(H,23,24,27,32). The third-order valence-corrected chi connectivity index (χ3v) is 6.65. The van der Waals surface area contributed by atoms with Crippen molar-refractivity contribution in [2.24, 2.45) is 10.7 Å². The first-order valence-corrected chi connectivity index (χ1v) is 12.0. The quantitative estimate of drug-likeness (QED) is 0.162. The molecule has 0 saturated carbocycles. The maximum atomic E-state index is 12.8. The Bertz CT molecular complexity index is 1390. The molecule has 0 aromatic carbocycles. The molecule has 0 fully saturated rings. The molecular formula is C20H21N9O4S2. The van der Waals surface area contributed by atoms with E-state index < -0.39 is 17.5 Å². The van der Waals surface area contributed by atoms with Gasteiger partial charge in [-0.1, -0.05) is 18.3 Å². The maximum absolute atomic E-state index is 12.8. The number of aliphatic hydroxyl groups is 1. The van der Waals surface area contributed by atoms with Crippen molar-refractivity contribution in [3.05, 3.63) is 51.5 Å². The van der Waals surface area contributed by atoms with Crippen LogP contribution >= 0.6 is 22.9 Å². The third kappa shape index (κ3) is 5.42. The molecule has 1 unspecified atom stereocenters. The molecule has 35 heavy (non-hydrogen) atoms. The number of aromatic amines is 1. The predicted molar refractivity (Wildman–Crippen MR) is 132 cm³/mol. The van der Waals surface area contributed by atoms with E-state index in [9.17, 15) is 14.7 Å². The molecule has 0 aliphatic rings. The molecule has 1 atom stereocenters. The summed E-state index contributed by atoms with van der Waals surface area (Å²) in [5.41, 5.74) is 6.88. The molecule has 0 spiro atoms. The van der Waals surface area contributed by atoms with Gasteiger partial charge in [0.05, 0.1) is 30.1 Å². The van der Waals surface area contributed by atoms with Gasteiger partial charge in [0.25, 0.3) is 11.5 Å². The second kappa shape index (κ2) is 10.5. The highest BCUT2D eigenvalue weighted by Crippen LogP contribution is 2.29. The SMILES string of the molecule is CCC(CO)N=C(N)c1c(Nc2nc(C)c(C(=O)Nc3ncc(-c4cnco4)cn3)s2)s[nH]c1=O. The van der Waals surface area contributed by atoms with Crippen LogP contribution < -0.4 is 21.9 Å². The smallest absolute Gasteiger partial charge is 0.271 e. The first-order chi connectivity index (χ1) is 16.9. The molecule has 13 nitrogen and oxygen atoms in total. The van der Waals surface area contributed by atoms with E-state index in [4.69, 9.17) is 10.2 Å². The van der Waals surface area contributed by atoms with E-state index in [1.54, 1.807) is 6.92 Å². The van der Waals surface area contributed by atoms with Crippen LogP contribution in [0, 0.1) is 6.92 Å². The molecule has 0 saturated heterocycles. The molecule has 4 rings (SSSR count). The number of nitrogens with two attached hydrogens (primary N) is 1. The van der Waals surface area contributed by atoms with Crippen LogP contribution in [0.1, 0.15) is 34.3 Å². The lowest BCUT2D eigenvalue weighted by atomic mass is 10.2. The summed E-state index contributed by atoms with van der Waals surface area (Å²) < 4.78 is 7.80. The van der Waals surface area contributed by atoms with Gasteiger partial charge in [-0.25, -0.2) is 19.9 Å². The number of hydrogen-bond donors (Lipinski definition) is 5. The average molecular weight is 516 g/mol. The summed E-state index contributed by atoms with van der Waals surface area (Å²) in [6, 6.07) is -0.411. The topological polar surface area (TPSA) is 197 Å². The van der Waals surface area contributed by atoms with Crippen molar-refractivity contribution in [2.45, 2.75) is 26.3 Å². The molecule has 1 amide bonds. The van der Waals surface area contributed by atoms with Crippen molar-refractivity contribution >= 4 is 50.7 Å². The second-order valence-electron chi connectivity index (χ2n) is 7.17. The number of amidine groups is 1. The highest BCUT2D eigenvalue weighted by Gasteiger charge is 2.20. The van der Waals surface area contributed by atoms with Crippen LogP contribution in [0.4, 0.5) is 16.1 Å². The van der Waals surface area contributed by atoms with Gasteiger partial charge in [0.2, 0.25) is 5.95 Å². The van der Waals surface area contributed by atoms with Crippen LogP contribution in [0.5, 0.6) is 0 Å². The number of H-pyrrole nitrogens is 1. The van der Waals surface area contributed by atoms with Crippen LogP contribution in [0.25, 0.3) is 11.3 Å². The van der Waals surface area contributed by atoms with Crippen LogP contribution in [0.2, 0.25) is 0 Å². The summed E-state index contributed by atoms with van der Waals surface area (Å²) in [5.74, 6) is 0.200. The van der Waals surface area contributed by atoms with Crippen molar-refractivity contribution < 1.29 is 14.3 Å². The van der Waals surface area contributed by atoms with E-state index in [1.807, 2.05) is 6.92 Å². The Morgan fingerprint density at radius 2 is 2.11 bits per heavy atom. The fraction of sp³-hybridized carbons (Fsp3) is 0.250. The highest BCUT2D eigenvalue weighted by atomic mass is 32.1. The summed E-state index contributed by atoms with van der Waals surface area (Å²) in [6.45, 7) is 3.36. The number of aliphatic imine (C=N–C) groups is 1. The van der Waals surface area contributed by atoms with E-state index in [-0.39, 0.29) is 24.0 Å². The minimum atomic E-state index is -0.433. The van der Waals surface area contributed by atoms with Crippen LogP contribution in [0.15, 0.2) is 39.2 Å². The Balaban J connectivity index is 1.50. The number of carbonyl (C=O) groups excluding carboxylic acids is 1. The summed E-state index contributed by atoms with van der Waals surface area (Å²) in [5, 5.41) is 15.8. The number of anilines is 3. The number of aromatic nitrogens is 5. The second-order valence-corrected chi connectivity index (χ2v) is 8.99. The molecule has 4 aromatic heterocycles. The zero-order valence-corrected chi connectivity index (χ0v) is 20.2. The minimum Gasteiger partial charge on any atom is -0.443 e. The molecule has 4 aromatic rings. The molecule has 0 radical (unpaired) electrons. The van der Waals surface area contributed by atoms with Crippen molar-refractivity contribution in [2.75, 3.05) is 17.2 Å². The van der Waals surface area contributed by atoms with E-state index in [0.29, 0.717) is 38.4 Å². The van der Waals surface area contributed by atoms with E-state index in [1.165, 1.54) is 25.0 Å². The Kier molecular flexibility index (Phi) is 7.28. The van der Waals surface area contributed by atoms with Crippen molar-refractivity contribution in [3.8, 4) is 11.3 Å². The molecule has 15 heteroatoms. The normalized spacial score (nSPS) is 12.5. The predicted octanol–water partition coefficient (Wildman–Crippen LogP) is 2.12. The molecule has 0 aliphatic heterocycles. The van der Waals surface area contributed by atoms with Gasteiger partial charge in [0.15, 0.2) is 17.3 Å². The Morgan fingerprint density at radius 1 is 1.34 bits per heavy atom. The minimum absolute atomic E-state index is 0.00747. The Labute approximate surface area is 206 Å². The zero-order chi connectivity index (χ0) is 24.9. The summed E-state index contributed by atoms with van der Waals surface area (Å²) >= 11 is 2.12. The molecule has 0 aliphatic carbocycles. The highest BCUT2D eigenvalue weighted by molar-refractivity contribution is 7.18. The molecule has 0 bridgehead atoms.